The molecule has 4 nitrogen and oxygen atoms in total. The number of carbonyl (C=O) groups is 1. The summed E-state index contributed by atoms with van der Waals surface area (Å²) < 4.78 is 43.5. The molecular weight excluding hydrogens is 401 g/mol. The van der Waals surface area contributed by atoms with Crippen molar-refractivity contribution in [2.75, 3.05) is 5.32 Å². The first-order valence-electron chi connectivity index (χ1n) is 8.61. The van der Waals surface area contributed by atoms with Gasteiger partial charge in [-0.25, -0.2) is 9.78 Å². The minimum atomic E-state index is -4.49. The van der Waals surface area contributed by atoms with Crippen molar-refractivity contribution in [3.63, 3.8) is 0 Å². The predicted octanol–water partition coefficient (Wildman–Crippen LogP) is 6.31. The Balaban J connectivity index is 1.63. The highest BCUT2D eigenvalue weighted by Crippen LogP contribution is 2.31. The molecule has 0 atom stereocenters. The number of nitrogens with zero attached hydrogens (tertiary/aromatic N) is 1. The minimum Gasteiger partial charge on any atom is -0.444 e. The van der Waals surface area contributed by atoms with Gasteiger partial charge in [0.05, 0.1) is 5.56 Å². The van der Waals surface area contributed by atoms with Gasteiger partial charge in [-0.2, -0.15) is 13.2 Å². The largest absolute Gasteiger partial charge is 0.444 e. The zero-order valence-corrected chi connectivity index (χ0v) is 16.2. The van der Waals surface area contributed by atoms with E-state index in [1.165, 1.54) is 23.9 Å². The van der Waals surface area contributed by atoms with Crippen LogP contribution >= 0.6 is 11.8 Å². The van der Waals surface area contributed by atoms with Crippen molar-refractivity contribution in [2.45, 2.75) is 29.6 Å². The highest BCUT2D eigenvalue weighted by Gasteiger charge is 2.30. The molecule has 3 rings (SSSR count). The molecule has 0 bridgehead atoms. The summed E-state index contributed by atoms with van der Waals surface area (Å²) in [6, 6.07) is 15.8. The molecule has 0 aliphatic rings. The highest BCUT2D eigenvalue weighted by atomic mass is 32.2. The lowest BCUT2D eigenvalue weighted by Crippen LogP contribution is -2.14. The molecule has 8 heteroatoms. The van der Waals surface area contributed by atoms with Crippen molar-refractivity contribution in [3.05, 3.63) is 83.6 Å². The van der Waals surface area contributed by atoms with Gasteiger partial charge >= 0.3 is 12.3 Å². The first-order valence-corrected chi connectivity index (χ1v) is 9.42. The summed E-state index contributed by atoms with van der Waals surface area (Å²) in [6.07, 6.45) is -3.69. The Morgan fingerprint density at radius 1 is 1.10 bits per heavy atom. The van der Waals surface area contributed by atoms with Crippen molar-refractivity contribution in [1.82, 2.24) is 4.98 Å². The van der Waals surface area contributed by atoms with Crippen LogP contribution in [0, 0.1) is 6.92 Å². The number of amides is 1. The van der Waals surface area contributed by atoms with Gasteiger partial charge in [-0.05, 0) is 43.3 Å². The van der Waals surface area contributed by atoms with E-state index >= 15 is 0 Å². The van der Waals surface area contributed by atoms with E-state index in [0.29, 0.717) is 10.6 Å². The van der Waals surface area contributed by atoms with Crippen molar-refractivity contribution in [1.29, 1.82) is 0 Å². The van der Waals surface area contributed by atoms with Crippen LogP contribution in [-0.2, 0) is 17.5 Å². The molecular formula is C21H17F3N2O2S. The molecule has 0 aliphatic carbocycles. The standard InChI is InChI=1S/C21H17F3N2O2S/c1-14-7-9-18(10-8-14)29-19-15(4-3-11-25-19)13-28-20(27)26-17-6-2-5-16(12-17)21(22,23)24/h2-12H,13H2,1H3,(H,26,27). The van der Waals surface area contributed by atoms with E-state index in [9.17, 15) is 18.0 Å². The fraction of sp³-hybridized carbons (Fsp3) is 0.143. The van der Waals surface area contributed by atoms with Gasteiger partial charge < -0.3 is 4.74 Å². The smallest absolute Gasteiger partial charge is 0.416 e. The van der Waals surface area contributed by atoms with Crippen LogP contribution in [0.3, 0.4) is 0 Å². The van der Waals surface area contributed by atoms with Crippen LogP contribution in [0.2, 0.25) is 0 Å². The van der Waals surface area contributed by atoms with Crippen molar-refractivity contribution >= 4 is 23.5 Å². The van der Waals surface area contributed by atoms with Gasteiger partial charge in [0.1, 0.15) is 11.6 Å². The van der Waals surface area contributed by atoms with E-state index in [1.807, 2.05) is 31.2 Å². The number of nitrogens with one attached hydrogen (secondary N) is 1. The maximum absolute atomic E-state index is 12.8. The van der Waals surface area contributed by atoms with Crippen LogP contribution < -0.4 is 5.32 Å². The van der Waals surface area contributed by atoms with Crippen LogP contribution in [0.5, 0.6) is 0 Å². The SMILES string of the molecule is Cc1ccc(Sc2ncccc2COC(=O)Nc2cccc(C(F)(F)F)c2)cc1. The molecule has 3 aromatic rings. The number of halogens is 3. The monoisotopic (exact) mass is 418 g/mol. The molecule has 0 aliphatic heterocycles. The minimum absolute atomic E-state index is 0.00488. The molecule has 0 saturated heterocycles. The summed E-state index contributed by atoms with van der Waals surface area (Å²) in [5, 5.41) is 3.00. The molecule has 29 heavy (non-hydrogen) atoms. The topological polar surface area (TPSA) is 51.2 Å². The summed E-state index contributed by atoms with van der Waals surface area (Å²) in [7, 11) is 0. The summed E-state index contributed by atoms with van der Waals surface area (Å²) >= 11 is 1.44. The maximum atomic E-state index is 12.8. The van der Waals surface area contributed by atoms with E-state index < -0.39 is 17.8 Å². The third kappa shape index (κ3) is 5.99. The number of hydrogen-bond acceptors (Lipinski definition) is 4. The van der Waals surface area contributed by atoms with Gasteiger partial charge in [0.2, 0.25) is 0 Å². The zero-order valence-electron chi connectivity index (χ0n) is 15.4. The lowest BCUT2D eigenvalue weighted by molar-refractivity contribution is -0.137. The number of alkyl halides is 3. The Morgan fingerprint density at radius 3 is 2.59 bits per heavy atom. The van der Waals surface area contributed by atoms with Crippen molar-refractivity contribution < 1.29 is 22.7 Å². The Kier molecular flexibility index (Phi) is 6.43. The number of rotatable bonds is 5. The number of benzene rings is 2. The fourth-order valence-corrected chi connectivity index (χ4v) is 3.28. The number of aryl methyl sites for hydroxylation is 1. The lowest BCUT2D eigenvalue weighted by atomic mass is 10.2. The predicted molar refractivity (Wildman–Crippen MR) is 105 cm³/mol. The molecule has 2 aromatic carbocycles. The van der Waals surface area contributed by atoms with Gasteiger partial charge in [0.25, 0.3) is 0 Å². The third-order valence-electron chi connectivity index (χ3n) is 3.88. The van der Waals surface area contributed by atoms with Gasteiger partial charge in [0, 0.05) is 22.3 Å². The Hall–Kier alpha value is -3.00. The summed E-state index contributed by atoms with van der Waals surface area (Å²) in [4.78, 5) is 17.3. The second-order valence-corrected chi connectivity index (χ2v) is 7.22. The van der Waals surface area contributed by atoms with Gasteiger partial charge in [-0.1, -0.05) is 41.6 Å². The zero-order chi connectivity index (χ0) is 20.9. The van der Waals surface area contributed by atoms with Gasteiger partial charge in [-0.3, -0.25) is 5.32 Å². The normalized spacial score (nSPS) is 11.2. The first-order chi connectivity index (χ1) is 13.8. The molecule has 1 aromatic heterocycles. The van der Waals surface area contributed by atoms with Crippen molar-refractivity contribution in [2.24, 2.45) is 0 Å². The Morgan fingerprint density at radius 2 is 1.86 bits per heavy atom. The number of ether oxygens (including phenoxy) is 1. The van der Waals surface area contributed by atoms with E-state index in [-0.39, 0.29) is 12.3 Å². The number of pyridine rings is 1. The molecule has 0 radical (unpaired) electrons. The Bertz CT molecular complexity index is 992. The molecule has 0 unspecified atom stereocenters. The summed E-state index contributed by atoms with van der Waals surface area (Å²) in [5.41, 5.74) is 0.993. The molecule has 0 spiro atoms. The molecule has 0 saturated carbocycles. The van der Waals surface area contributed by atoms with Crippen LogP contribution in [0.25, 0.3) is 0 Å². The lowest BCUT2D eigenvalue weighted by Gasteiger charge is -2.11. The number of hydrogen-bond donors (Lipinski definition) is 1. The van der Waals surface area contributed by atoms with Crippen LogP contribution in [0.1, 0.15) is 16.7 Å². The van der Waals surface area contributed by atoms with Crippen molar-refractivity contribution in [3.8, 4) is 0 Å². The average Bonchev–Trinajstić information content (AvgIpc) is 2.69. The van der Waals surface area contributed by atoms with E-state index in [1.54, 1.807) is 18.3 Å². The average molecular weight is 418 g/mol. The molecule has 0 fully saturated rings. The molecule has 1 heterocycles. The molecule has 1 N–H and O–H groups in total. The molecule has 150 valence electrons. The van der Waals surface area contributed by atoms with Crippen LogP contribution in [0.4, 0.5) is 23.7 Å². The second kappa shape index (κ2) is 9.00. The first kappa shape index (κ1) is 20.7. The van der Waals surface area contributed by atoms with Crippen LogP contribution in [0.15, 0.2) is 76.8 Å². The fourth-order valence-electron chi connectivity index (χ4n) is 2.41. The van der Waals surface area contributed by atoms with Crippen LogP contribution in [-0.4, -0.2) is 11.1 Å². The summed E-state index contributed by atoms with van der Waals surface area (Å²) in [6.45, 7) is 1.93. The Labute approximate surface area is 170 Å². The number of anilines is 1. The van der Waals surface area contributed by atoms with E-state index in [4.69, 9.17) is 4.74 Å². The van der Waals surface area contributed by atoms with Gasteiger partial charge in [-0.15, -0.1) is 0 Å². The van der Waals surface area contributed by atoms with Gasteiger partial charge in [0.15, 0.2) is 0 Å². The maximum Gasteiger partial charge on any atom is 0.416 e. The number of carbonyl (C=O) groups excluding carboxylic acids is 1. The van der Waals surface area contributed by atoms with E-state index in [2.05, 4.69) is 10.3 Å². The quantitative estimate of drug-likeness (QED) is 0.528. The second-order valence-electron chi connectivity index (χ2n) is 6.16. The summed E-state index contributed by atoms with van der Waals surface area (Å²) in [5.74, 6) is 0. The number of aromatic nitrogens is 1. The highest BCUT2D eigenvalue weighted by molar-refractivity contribution is 7.99. The van der Waals surface area contributed by atoms with E-state index in [0.717, 1.165) is 22.6 Å². The third-order valence-corrected chi connectivity index (χ3v) is 4.95. The molecule has 1 amide bonds.